The highest BCUT2D eigenvalue weighted by Crippen LogP contribution is 2.18. The zero-order valence-electron chi connectivity index (χ0n) is 14.8. The fraction of sp³-hybridized carbons (Fsp3) is 0.278. The van der Waals surface area contributed by atoms with Crippen molar-refractivity contribution in [1.29, 1.82) is 0 Å². The maximum absolute atomic E-state index is 12.4. The minimum absolute atomic E-state index is 0.197. The maximum atomic E-state index is 12.4. The van der Waals surface area contributed by atoms with Gasteiger partial charge in [0.25, 0.3) is 5.91 Å². The predicted molar refractivity (Wildman–Crippen MR) is 91.2 cm³/mol. The summed E-state index contributed by atoms with van der Waals surface area (Å²) >= 11 is 0. The topological polar surface area (TPSA) is 89.0 Å². The standard InChI is InChI=1S/C18H17F3N2O5/c1-23(9-12-2-5-14(6-3-12)27-10-16(24)25)17(26)13-4-7-15(22-8-13)28-11-18(19,20)21/h2-8H,9-11H2,1H3,(H,24,25). The Balaban J connectivity index is 1.92. The Hall–Kier alpha value is -3.30. The van der Waals surface area contributed by atoms with Gasteiger partial charge in [0.2, 0.25) is 5.88 Å². The van der Waals surface area contributed by atoms with Gasteiger partial charge in [-0.15, -0.1) is 0 Å². The van der Waals surface area contributed by atoms with Crippen molar-refractivity contribution in [3.63, 3.8) is 0 Å². The molecule has 2 aromatic rings. The van der Waals surface area contributed by atoms with Crippen molar-refractivity contribution in [3.8, 4) is 11.6 Å². The monoisotopic (exact) mass is 398 g/mol. The van der Waals surface area contributed by atoms with Gasteiger partial charge in [-0.1, -0.05) is 12.1 Å². The van der Waals surface area contributed by atoms with Crippen LogP contribution in [0.25, 0.3) is 0 Å². The molecule has 1 aromatic heterocycles. The number of hydrogen-bond acceptors (Lipinski definition) is 5. The van der Waals surface area contributed by atoms with E-state index in [0.717, 1.165) is 11.8 Å². The predicted octanol–water partition coefficient (Wildman–Crippen LogP) is 2.76. The van der Waals surface area contributed by atoms with E-state index >= 15 is 0 Å². The number of carbonyl (C=O) groups excluding carboxylic acids is 1. The third-order valence-corrected chi connectivity index (χ3v) is 3.42. The van der Waals surface area contributed by atoms with Crippen LogP contribution in [0.15, 0.2) is 42.6 Å². The zero-order chi connectivity index (χ0) is 20.7. The van der Waals surface area contributed by atoms with Crippen LogP contribution < -0.4 is 9.47 Å². The van der Waals surface area contributed by atoms with Gasteiger partial charge >= 0.3 is 12.1 Å². The number of amides is 1. The number of ether oxygens (including phenoxy) is 2. The summed E-state index contributed by atoms with van der Waals surface area (Å²) in [5.41, 5.74) is 0.972. The van der Waals surface area contributed by atoms with Gasteiger partial charge in [0.15, 0.2) is 13.2 Å². The molecule has 0 spiro atoms. The van der Waals surface area contributed by atoms with E-state index in [-0.39, 0.29) is 23.9 Å². The SMILES string of the molecule is CN(Cc1ccc(OCC(=O)O)cc1)C(=O)c1ccc(OCC(F)(F)F)nc1. The number of benzene rings is 1. The van der Waals surface area contributed by atoms with E-state index in [1.165, 1.54) is 17.0 Å². The number of halogens is 3. The number of aromatic nitrogens is 1. The van der Waals surface area contributed by atoms with Crippen LogP contribution in [0, 0.1) is 0 Å². The number of carboxylic acid groups (broad SMARTS) is 1. The minimum atomic E-state index is -4.47. The fourth-order valence-corrected chi connectivity index (χ4v) is 2.15. The van der Waals surface area contributed by atoms with E-state index in [2.05, 4.69) is 9.72 Å². The molecule has 0 aliphatic carbocycles. The highest BCUT2D eigenvalue weighted by Gasteiger charge is 2.28. The van der Waals surface area contributed by atoms with Crippen LogP contribution in [0.1, 0.15) is 15.9 Å². The zero-order valence-corrected chi connectivity index (χ0v) is 14.8. The van der Waals surface area contributed by atoms with Gasteiger partial charge in [-0.25, -0.2) is 9.78 Å². The van der Waals surface area contributed by atoms with Crippen molar-refractivity contribution < 1.29 is 37.3 Å². The Bertz CT molecular complexity index is 807. The smallest absolute Gasteiger partial charge is 0.422 e. The average Bonchev–Trinajstić information content (AvgIpc) is 2.65. The van der Waals surface area contributed by atoms with E-state index in [0.29, 0.717) is 5.75 Å². The molecule has 1 amide bonds. The van der Waals surface area contributed by atoms with Crippen molar-refractivity contribution in [2.45, 2.75) is 12.7 Å². The molecule has 0 unspecified atom stereocenters. The molecule has 0 radical (unpaired) electrons. The van der Waals surface area contributed by atoms with E-state index in [1.807, 2.05) is 0 Å². The van der Waals surface area contributed by atoms with Crippen LogP contribution in [-0.4, -0.2) is 53.3 Å². The summed E-state index contributed by atoms with van der Waals surface area (Å²) in [5.74, 6) is -1.30. The number of hydrogen-bond donors (Lipinski definition) is 1. The second-order valence-corrected chi connectivity index (χ2v) is 5.78. The Morgan fingerprint density at radius 3 is 2.32 bits per heavy atom. The van der Waals surface area contributed by atoms with Crippen LogP contribution in [0.5, 0.6) is 11.6 Å². The summed E-state index contributed by atoms with van der Waals surface area (Å²) in [5, 5.41) is 8.57. The van der Waals surface area contributed by atoms with Gasteiger partial charge in [0.05, 0.1) is 5.56 Å². The van der Waals surface area contributed by atoms with E-state index in [4.69, 9.17) is 9.84 Å². The van der Waals surface area contributed by atoms with Crippen LogP contribution in [0.2, 0.25) is 0 Å². The Morgan fingerprint density at radius 2 is 1.79 bits per heavy atom. The van der Waals surface area contributed by atoms with Crippen molar-refractivity contribution in [2.24, 2.45) is 0 Å². The molecule has 10 heteroatoms. The molecule has 2 rings (SSSR count). The first-order chi connectivity index (χ1) is 13.1. The van der Waals surface area contributed by atoms with Crippen molar-refractivity contribution in [2.75, 3.05) is 20.3 Å². The fourth-order valence-electron chi connectivity index (χ4n) is 2.15. The molecule has 0 atom stereocenters. The quantitative estimate of drug-likeness (QED) is 0.736. The molecule has 0 saturated heterocycles. The summed E-state index contributed by atoms with van der Waals surface area (Å²) in [6.07, 6.45) is -3.32. The van der Waals surface area contributed by atoms with Gasteiger partial charge in [-0.05, 0) is 23.8 Å². The van der Waals surface area contributed by atoms with Crippen LogP contribution in [-0.2, 0) is 11.3 Å². The number of carbonyl (C=O) groups is 2. The van der Waals surface area contributed by atoms with E-state index in [1.54, 1.807) is 31.3 Å². The Morgan fingerprint density at radius 1 is 1.11 bits per heavy atom. The van der Waals surface area contributed by atoms with E-state index < -0.39 is 25.4 Å². The molecule has 0 aliphatic heterocycles. The third kappa shape index (κ3) is 6.78. The molecule has 0 fully saturated rings. The molecule has 1 aromatic carbocycles. The Labute approximate surface area is 158 Å². The largest absolute Gasteiger partial charge is 0.482 e. The highest BCUT2D eigenvalue weighted by atomic mass is 19.4. The number of rotatable bonds is 8. The summed E-state index contributed by atoms with van der Waals surface area (Å²) < 4.78 is 45.9. The lowest BCUT2D eigenvalue weighted by Crippen LogP contribution is -2.26. The lowest BCUT2D eigenvalue weighted by atomic mass is 10.2. The second-order valence-electron chi connectivity index (χ2n) is 5.78. The third-order valence-electron chi connectivity index (χ3n) is 3.42. The molecule has 7 nitrogen and oxygen atoms in total. The van der Waals surface area contributed by atoms with Gasteiger partial charge < -0.3 is 19.5 Å². The number of pyridine rings is 1. The molecular weight excluding hydrogens is 381 g/mol. The lowest BCUT2D eigenvalue weighted by molar-refractivity contribution is -0.154. The first-order valence-electron chi connectivity index (χ1n) is 7.98. The molecular formula is C18H17F3N2O5. The summed E-state index contributed by atoms with van der Waals surface area (Å²) in [4.78, 5) is 28.0. The number of carboxylic acids is 1. The van der Waals surface area contributed by atoms with Crippen molar-refractivity contribution in [3.05, 3.63) is 53.7 Å². The first-order valence-corrected chi connectivity index (χ1v) is 7.98. The highest BCUT2D eigenvalue weighted by molar-refractivity contribution is 5.93. The van der Waals surface area contributed by atoms with Crippen LogP contribution in [0.4, 0.5) is 13.2 Å². The van der Waals surface area contributed by atoms with Crippen LogP contribution >= 0.6 is 0 Å². The lowest BCUT2D eigenvalue weighted by Gasteiger charge is -2.17. The molecule has 28 heavy (non-hydrogen) atoms. The first kappa shape index (κ1) is 21.0. The average molecular weight is 398 g/mol. The molecule has 1 heterocycles. The summed E-state index contributed by atoms with van der Waals surface area (Å²) in [7, 11) is 1.56. The number of nitrogens with zero attached hydrogens (tertiary/aromatic N) is 2. The number of alkyl halides is 3. The van der Waals surface area contributed by atoms with E-state index in [9.17, 15) is 22.8 Å². The summed E-state index contributed by atoms with van der Waals surface area (Å²) in [6, 6.07) is 9.08. The Kier molecular flexibility index (Phi) is 6.80. The maximum Gasteiger partial charge on any atom is 0.422 e. The molecule has 0 aliphatic rings. The summed E-state index contributed by atoms with van der Waals surface area (Å²) in [6.45, 7) is -1.66. The van der Waals surface area contributed by atoms with Crippen molar-refractivity contribution >= 4 is 11.9 Å². The molecule has 0 saturated carbocycles. The number of aliphatic carboxylic acids is 1. The second kappa shape index (κ2) is 9.07. The van der Waals surface area contributed by atoms with Gasteiger partial charge in [0.1, 0.15) is 5.75 Å². The van der Waals surface area contributed by atoms with Gasteiger partial charge in [-0.3, -0.25) is 4.79 Å². The van der Waals surface area contributed by atoms with Gasteiger partial charge in [-0.2, -0.15) is 13.2 Å². The van der Waals surface area contributed by atoms with Crippen LogP contribution in [0.3, 0.4) is 0 Å². The van der Waals surface area contributed by atoms with Crippen molar-refractivity contribution in [1.82, 2.24) is 9.88 Å². The molecule has 1 N–H and O–H groups in total. The van der Waals surface area contributed by atoms with Gasteiger partial charge in [0, 0.05) is 25.9 Å². The molecule has 150 valence electrons. The minimum Gasteiger partial charge on any atom is -0.482 e. The molecule has 0 bridgehead atoms. The normalized spacial score (nSPS) is 11.0.